The minimum absolute atomic E-state index is 0.0916. The number of carbonyl (C=O) groups excluding carboxylic acids is 1. The summed E-state index contributed by atoms with van der Waals surface area (Å²) < 4.78 is 5.16. The maximum absolute atomic E-state index is 12.6. The number of pyridine rings is 1. The molecule has 1 fully saturated rings. The minimum Gasteiger partial charge on any atom is -0.383 e. The first-order chi connectivity index (χ1) is 10.6. The number of nitrogens with zero attached hydrogens (tertiary/aromatic N) is 3. The van der Waals surface area contributed by atoms with Crippen LogP contribution in [0, 0.1) is 12.8 Å². The first-order valence-electron chi connectivity index (χ1n) is 7.99. The van der Waals surface area contributed by atoms with Gasteiger partial charge in [0.1, 0.15) is 0 Å². The van der Waals surface area contributed by atoms with Crippen LogP contribution in [0.25, 0.3) is 0 Å². The number of likely N-dealkylation sites (tertiary alicyclic amines) is 1. The van der Waals surface area contributed by atoms with Crippen molar-refractivity contribution in [3.63, 3.8) is 0 Å². The number of carbonyl (C=O) groups is 1. The molecule has 1 aromatic rings. The molecule has 1 aliphatic rings. The molecule has 0 aliphatic carbocycles. The number of hydrogen-bond donors (Lipinski definition) is 0. The van der Waals surface area contributed by atoms with Crippen LogP contribution in [0.5, 0.6) is 0 Å². The molecule has 22 heavy (non-hydrogen) atoms. The van der Waals surface area contributed by atoms with Crippen molar-refractivity contribution < 1.29 is 9.53 Å². The lowest BCUT2D eigenvalue weighted by molar-refractivity contribution is 0.0702. The molecule has 0 spiro atoms. The summed E-state index contributed by atoms with van der Waals surface area (Å²) >= 11 is 0. The lowest BCUT2D eigenvalue weighted by Gasteiger charge is -2.34. The molecule has 0 aromatic carbocycles. The Kier molecular flexibility index (Phi) is 6.34. The van der Waals surface area contributed by atoms with Gasteiger partial charge in [-0.05, 0) is 43.9 Å². The van der Waals surface area contributed by atoms with Gasteiger partial charge in [-0.2, -0.15) is 0 Å². The summed E-state index contributed by atoms with van der Waals surface area (Å²) in [6, 6.07) is 1.81. The fourth-order valence-corrected chi connectivity index (χ4v) is 3.11. The largest absolute Gasteiger partial charge is 0.383 e. The molecule has 0 radical (unpaired) electrons. The highest BCUT2D eigenvalue weighted by atomic mass is 16.5. The van der Waals surface area contributed by atoms with Gasteiger partial charge < -0.3 is 14.5 Å². The van der Waals surface area contributed by atoms with Crippen molar-refractivity contribution in [3.8, 4) is 0 Å². The number of hydrogen-bond acceptors (Lipinski definition) is 4. The fraction of sp³-hybridized carbons (Fsp3) is 0.647. The molecule has 5 heteroatoms. The van der Waals surface area contributed by atoms with E-state index in [1.807, 2.05) is 18.9 Å². The van der Waals surface area contributed by atoms with Gasteiger partial charge in [0, 0.05) is 51.7 Å². The smallest absolute Gasteiger partial charge is 0.253 e. The van der Waals surface area contributed by atoms with Gasteiger partial charge in [-0.1, -0.05) is 0 Å². The first kappa shape index (κ1) is 16.9. The molecule has 0 unspecified atom stereocenters. The molecule has 2 rings (SSSR count). The van der Waals surface area contributed by atoms with Crippen molar-refractivity contribution in [1.29, 1.82) is 0 Å². The van der Waals surface area contributed by atoms with E-state index in [1.54, 1.807) is 25.6 Å². The Hall–Kier alpha value is -1.46. The zero-order chi connectivity index (χ0) is 15.9. The number of rotatable bonds is 6. The Balaban J connectivity index is 1.89. The number of piperidine rings is 1. The molecular formula is C17H27N3O2. The van der Waals surface area contributed by atoms with Crippen LogP contribution >= 0.6 is 0 Å². The topological polar surface area (TPSA) is 45.7 Å². The molecule has 5 nitrogen and oxygen atoms in total. The van der Waals surface area contributed by atoms with Gasteiger partial charge >= 0.3 is 0 Å². The third-order valence-electron chi connectivity index (χ3n) is 4.34. The average Bonchev–Trinajstić information content (AvgIpc) is 2.53. The highest BCUT2D eigenvalue weighted by molar-refractivity contribution is 5.95. The fourth-order valence-electron chi connectivity index (χ4n) is 3.11. The van der Waals surface area contributed by atoms with Crippen molar-refractivity contribution in [2.24, 2.45) is 5.92 Å². The average molecular weight is 305 g/mol. The van der Waals surface area contributed by atoms with E-state index < -0.39 is 0 Å². The van der Waals surface area contributed by atoms with Crippen LogP contribution in [0.2, 0.25) is 0 Å². The van der Waals surface area contributed by atoms with Gasteiger partial charge in [0.2, 0.25) is 0 Å². The zero-order valence-corrected chi connectivity index (χ0v) is 13.9. The number of amides is 1. The van der Waals surface area contributed by atoms with Crippen LogP contribution < -0.4 is 0 Å². The maximum Gasteiger partial charge on any atom is 0.253 e. The Morgan fingerprint density at radius 3 is 3.09 bits per heavy atom. The normalized spacial score (nSPS) is 19.1. The molecule has 0 saturated carbocycles. The molecule has 1 aromatic heterocycles. The van der Waals surface area contributed by atoms with Crippen molar-refractivity contribution in [3.05, 3.63) is 29.6 Å². The number of methoxy groups -OCH3 is 1. The Morgan fingerprint density at radius 1 is 1.55 bits per heavy atom. The summed E-state index contributed by atoms with van der Waals surface area (Å²) in [5.41, 5.74) is 1.69. The zero-order valence-electron chi connectivity index (χ0n) is 13.9. The highest BCUT2D eigenvalue weighted by Gasteiger charge is 2.23. The third-order valence-corrected chi connectivity index (χ3v) is 4.34. The van der Waals surface area contributed by atoms with E-state index in [4.69, 9.17) is 4.74 Å². The van der Waals surface area contributed by atoms with Gasteiger partial charge in [0.25, 0.3) is 5.91 Å². The lowest BCUT2D eigenvalue weighted by atomic mass is 9.97. The maximum atomic E-state index is 12.6. The van der Waals surface area contributed by atoms with Gasteiger partial charge in [-0.25, -0.2) is 0 Å². The summed E-state index contributed by atoms with van der Waals surface area (Å²) in [5.74, 6) is 0.635. The molecule has 1 saturated heterocycles. The number of aryl methyl sites for hydroxylation is 1. The van der Waals surface area contributed by atoms with E-state index in [2.05, 4.69) is 9.88 Å². The van der Waals surface area contributed by atoms with Crippen LogP contribution in [-0.2, 0) is 4.74 Å². The van der Waals surface area contributed by atoms with E-state index in [-0.39, 0.29) is 5.91 Å². The second-order valence-electron chi connectivity index (χ2n) is 6.18. The summed E-state index contributed by atoms with van der Waals surface area (Å²) in [4.78, 5) is 20.9. The van der Waals surface area contributed by atoms with Crippen LogP contribution in [-0.4, -0.2) is 67.6 Å². The van der Waals surface area contributed by atoms with Crippen molar-refractivity contribution in [2.45, 2.75) is 19.8 Å². The Bertz CT molecular complexity index is 493. The molecular weight excluding hydrogens is 278 g/mol. The standard InChI is InChI=1S/C17H27N3O2/c1-14-11-18-7-6-16(14)17(21)19(2)12-15-5-4-8-20(13-15)9-10-22-3/h6-7,11,15H,4-5,8-10,12-13H2,1-3H3/t15-/m0/s1. The third kappa shape index (κ3) is 4.52. The van der Waals surface area contributed by atoms with Crippen LogP contribution in [0.1, 0.15) is 28.8 Å². The Labute approximate surface area is 133 Å². The lowest BCUT2D eigenvalue weighted by Crippen LogP contribution is -2.42. The predicted molar refractivity (Wildman–Crippen MR) is 87.0 cm³/mol. The summed E-state index contributed by atoms with van der Waals surface area (Å²) in [6.45, 7) is 6.69. The second-order valence-corrected chi connectivity index (χ2v) is 6.18. The van der Waals surface area contributed by atoms with E-state index in [1.165, 1.54) is 12.8 Å². The highest BCUT2D eigenvalue weighted by Crippen LogP contribution is 2.18. The molecule has 1 amide bonds. The van der Waals surface area contributed by atoms with Crippen molar-refractivity contribution in [2.75, 3.05) is 46.9 Å². The summed E-state index contributed by atoms with van der Waals surface area (Å²) in [6.07, 6.45) is 5.82. The van der Waals surface area contributed by atoms with Crippen LogP contribution in [0.4, 0.5) is 0 Å². The minimum atomic E-state index is 0.0916. The second kappa shape index (κ2) is 8.25. The first-order valence-corrected chi connectivity index (χ1v) is 7.99. The molecule has 2 heterocycles. The van der Waals surface area contributed by atoms with Gasteiger partial charge in [-0.15, -0.1) is 0 Å². The number of ether oxygens (including phenoxy) is 1. The molecule has 1 aliphatic heterocycles. The predicted octanol–water partition coefficient (Wildman–Crippen LogP) is 1.82. The van der Waals surface area contributed by atoms with Gasteiger partial charge in [0.05, 0.1) is 6.61 Å². The SMILES string of the molecule is COCCN1CCC[C@@H](CN(C)C(=O)c2ccncc2C)C1. The monoisotopic (exact) mass is 305 g/mol. The van der Waals surface area contributed by atoms with Gasteiger partial charge in [0.15, 0.2) is 0 Å². The quantitative estimate of drug-likeness (QED) is 0.804. The summed E-state index contributed by atoms with van der Waals surface area (Å²) in [5, 5.41) is 0. The summed E-state index contributed by atoms with van der Waals surface area (Å²) in [7, 11) is 3.64. The van der Waals surface area contributed by atoms with Crippen molar-refractivity contribution >= 4 is 5.91 Å². The number of aromatic nitrogens is 1. The molecule has 0 N–H and O–H groups in total. The Morgan fingerprint density at radius 2 is 2.36 bits per heavy atom. The van der Waals surface area contributed by atoms with Crippen LogP contribution in [0.15, 0.2) is 18.5 Å². The van der Waals surface area contributed by atoms with E-state index >= 15 is 0 Å². The molecule has 0 bridgehead atoms. The van der Waals surface area contributed by atoms with E-state index in [0.717, 1.165) is 43.9 Å². The van der Waals surface area contributed by atoms with Crippen LogP contribution in [0.3, 0.4) is 0 Å². The van der Waals surface area contributed by atoms with E-state index in [9.17, 15) is 4.79 Å². The van der Waals surface area contributed by atoms with Gasteiger partial charge in [-0.3, -0.25) is 9.78 Å². The van der Waals surface area contributed by atoms with E-state index in [0.29, 0.717) is 5.92 Å². The molecule has 122 valence electrons. The molecule has 1 atom stereocenters. The van der Waals surface area contributed by atoms with Crippen molar-refractivity contribution in [1.82, 2.24) is 14.8 Å².